The van der Waals surface area contributed by atoms with Gasteiger partial charge in [-0.15, -0.1) is 11.3 Å². The van der Waals surface area contributed by atoms with Crippen LogP contribution in [0.1, 0.15) is 22.6 Å². The number of thiazole rings is 1. The van der Waals surface area contributed by atoms with E-state index in [1.54, 1.807) is 41.9 Å². The van der Waals surface area contributed by atoms with Crippen molar-refractivity contribution in [1.82, 2.24) is 0 Å². The summed E-state index contributed by atoms with van der Waals surface area (Å²) in [5, 5.41) is 12.9. The van der Waals surface area contributed by atoms with E-state index in [-0.39, 0.29) is 6.42 Å². The molecule has 4 aromatic rings. The van der Waals surface area contributed by atoms with Gasteiger partial charge in [-0.3, -0.25) is 0 Å². The Hall–Kier alpha value is -2.77. The zero-order valence-electron chi connectivity index (χ0n) is 16.6. The van der Waals surface area contributed by atoms with Crippen LogP contribution in [0, 0.1) is 11.3 Å². The smallest absolute Gasteiger partial charge is 0.262 e. The summed E-state index contributed by atoms with van der Waals surface area (Å²) in [4.78, 5) is 0. The van der Waals surface area contributed by atoms with E-state index in [9.17, 15) is 13.0 Å². The molecular formula is C22H18N2O4S3. The molecule has 0 aliphatic rings. The molecule has 0 radical (unpaired) electrons. The average molecular weight is 471 g/mol. The van der Waals surface area contributed by atoms with Gasteiger partial charge in [0.15, 0.2) is 6.54 Å². The summed E-state index contributed by atoms with van der Waals surface area (Å²) in [6.07, 6.45) is 4.16. The third-order valence-electron chi connectivity index (χ3n) is 4.85. The maximum Gasteiger partial charge on any atom is 0.262 e. The number of thiophene rings is 1. The van der Waals surface area contributed by atoms with Crippen molar-refractivity contribution in [2.45, 2.75) is 13.0 Å². The zero-order chi connectivity index (χ0) is 22.0. The molecule has 6 nitrogen and oxygen atoms in total. The fraction of sp³-hybridized carbons (Fsp3) is 0.182. The van der Waals surface area contributed by atoms with Crippen LogP contribution >= 0.6 is 22.7 Å². The lowest BCUT2D eigenvalue weighted by Gasteiger charge is -2.05. The van der Waals surface area contributed by atoms with Crippen LogP contribution in [-0.4, -0.2) is 25.8 Å². The Kier molecular flexibility index (Phi) is 6.07. The van der Waals surface area contributed by atoms with E-state index in [2.05, 4.69) is 10.6 Å². The SMILES string of the molecule is COc1cc2sc(/C=C\c3ccc(C#N)cc3)[n+](CCCS(=O)(=O)[O-])c2c2sccc12. The predicted molar refractivity (Wildman–Crippen MR) is 123 cm³/mol. The van der Waals surface area contributed by atoms with Gasteiger partial charge in [-0.1, -0.05) is 23.5 Å². The molecule has 2 heterocycles. The molecule has 31 heavy (non-hydrogen) atoms. The first-order valence-electron chi connectivity index (χ1n) is 9.42. The van der Waals surface area contributed by atoms with Gasteiger partial charge >= 0.3 is 0 Å². The number of methoxy groups -OCH3 is 1. The van der Waals surface area contributed by atoms with Crippen LogP contribution in [0.2, 0.25) is 0 Å². The lowest BCUT2D eigenvalue weighted by Crippen LogP contribution is -2.36. The Morgan fingerprint density at radius 3 is 2.68 bits per heavy atom. The molecule has 0 unspecified atom stereocenters. The van der Waals surface area contributed by atoms with Gasteiger partial charge in [0.2, 0.25) is 5.52 Å². The summed E-state index contributed by atoms with van der Waals surface area (Å²) < 4.78 is 43.1. The topological polar surface area (TPSA) is 94.1 Å². The Balaban J connectivity index is 1.81. The summed E-state index contributed by atoms with van der Waals surface area (Å²) in [5.41, 5.74) is 2.56. The van der Waals surface area contributed by atoms with E-state index in [1.165, 1.54) is 0 Å². The number of benzene rings is 2. The van der Waals surface area contributed by atoms with Crippen molar-refractivity contribution in [3.8, 4) is 11.8 Å². The standard InChI is InChI=1S/C22H18N2O4S3/c1-28-18-13-19-21(22-17(18)9-11-29-22)24(10-2-12-31(25,26)27)20(30-19)8-7-15-3-5-16(14-23)6-4-15/h3-9,11,13H,2,10,12H2,1H3/b8-7-. The van der Waals surface area contributed by atoms with Gasteiger partial charge < -0.3 is 9.29 Å². The molecule has 0 saturated heterocycles. The highest BCUT2D eigenvalue weighted by Gasteiger charge is 2.24. The number of fused-ring (bicyclic) bond motifs is 3. The van der Waals surface area contributed by atoms with Crippen LogP contribution in [0.25, 0.3) is 32.5 Å². The average Bonchev–Trinajstić information content (AvgIpc) is 3.36. The van der Waals surface area contributed by atoms with Crippen LogP contribution in [0.3, 0.4) is 0 Å². The Morgan fingerprint density at radius 1 is 1.23 bits per heavy atom. The molecule has 9 heteroatoms. The second-order valence-corrected chi connectivity index (χ2v) is 10.4. The number of rotatable bonds is 7. The summed E-state index contributed by atoms with van der Waals surface area (Å²) in [5.74, 6) is 0.391. The van der Waals surface area contributed by atoms with Crippen molar-refractivity contribution < 1.29 is 22.3 Å². The number of aryl methyl sites for hydroxylation is 1. The van der Waals surface area contributed by atoms with Crippen LogP contribution in [-0.2, 0) is 16.7 Å². The van der Waals surface area contributed by atoms with E-state index in [0.717, 1.165) is 36.6 Å². The highest BCUT2D eigenvalue weighted by atomic mass is 32.2. The fourth-order valence-corrected chi connectivity index (χ4v) is 6.07. The van der Waals surface area contributed by atoms with Gasteiger partial charge in [0.1, 0.15) is 15.1 Å². The molecule has 0 amide bonds. The van der Waals surface area contributed by atoms with E-state index >= 15 is 0 Å². The molecular weight excluding hydrogens is 452 g/mol. The Bertz CT molecular complexity index is 1430. The first-order valence-corrected chi connectivity index (χ1v) is 12.7. The summed E-state index contributed by atoms with van der Waals surface area (Å²) in [6.45, 7) is 0.411. The van der Waals surface area contributed by atoms with Gasteiger partial charge in [0.25, 0.3) is 5.01 Å². The second-order valence-electron chi connectivity index (χ2n) is 6.86. The number of aromatic nitrogens is 1. The van der Waals surface area contributed by atoms with Crippen molar-refractivity contribution in [3.05, 3.63) is 57.9 Å². The highest BCUT2D eigenvalue weighted by Crippen LogP contribution is 2.38. The quantitative estimate of drug-likeness (QED) is 0.295. The summed E-state index contributed by atoms with van der Waals surface area (Å²) in [7, 11) is -2.63. The van der Waals surface area contributed by atoms with E-state index < -0.39 is 15.9 Å². The lowest BCUT2D eigenvalue weighted by atomic mass is 10.1. The normalized spacial score (nSPS) is 12.0. The first-order chi connectivity index (χ1) is 14.9. The van der Waals surface area contributed by atoms with E-state index in [0.29, 0.717) is 12.1 Å². The molecule has 0 spiro atoms. The maximum absolute atomic E-state index is 11.1. The molecule has 0 bridgehead atoms. The minimum absolute atomic E-state index is 0.235. The van der Waals surface area contributed by atoms with Gasteiger partial charge in [-0.25, -0.2) is 8.42 Å². The van der Waals surface area contributed by atoms with Gasteiger partial charge in [0, 0.05) is 29.7 Å². The Labute approximate surface area is 188 Å². The molecule has 0 fully saturated rings. The largest absolute Gasteiger partial charge is 0.748 e. The number of nitrogens with zero attached hydrogens (tertiary/aromatic N) is 2. The van der Waals surface area contributed by atoms with Gasteiger partial charge in [-0.2, -0.15) is 9.83 Å². The number of hydrogen-bond donors (Lipinski definition) is 0. The van der Waals surface area contributed by atoms with Gasteiger partial charge in [-0.05, 0) is 35.2 Å². The van der Waals surface area contributed by atoms with Crippen molar-refractivity contribution >= 4 is 65.2 Å². The number of ether oxygens (including phenoxy) is 1. The predicted octanol–water partition coefficient (Wildman–Crippen LogP) is 4.39. The molecule has 158 valence electrons. The van der Waals surface area contributed by atoms with Gasteiger partial charge in [0.05, 0.1) is 28.9 Å². The molecule has 2 aromatic carbocycles. The molecule has 0 aliphatic heterocycles. The summed E-state index contributed by atoms with van der Waals surface area (Å²) in [6, 6.07) is 13.4. The number of hydrogen-bond acceptors (Lipinski definition) is 7. The summed E-state index contributed by atoms with van der Waals surface area (Å²) >= 11 is 3.18. The molecule has 2 aromatic heterocycles. The van der Waals surface area contributed by atoms with Crippen molar-refractivity contribution in [2.75, 3.05) is 12.9 Å². The third kappa shape index (κ3) is 4.62. The highest BCUT2D eigenvalue weighted by molar-refractivity contribution is 7.85. The molecule has 0 aliphatic carbocycles. The molecule has 0 atom stereocenters. The second kappa shape index (κ2) is 8.77. The molecule has 0 N–H and O–H groups in total. The van der Waals surface area contributed by atoms with Crippen molar-refractivity contribution in [2.24, 2.45) is 0 Å². The maximum atomic E-state index is 11.1. The van der Waals surface area contributed by atoms with Crippen LogP contribution in [0.4, 0.5) is 0 Å². The minimum atomic E-state index is -4.27. The Morgan fingerprint density at radius 2 is 2.00 bits per heavy atom. The van der Waals surface area contributed by atoms with E-state index in [4.69, 9.17) is 10.00 Å². The van der Waals surface area contributed by atoms with Crippen LogP contribution in [0.15, 0.2) is 41.8 Å². The monoisotopic (exact) mass is 470 g/mol. The van der Waals surface area contributed by atoms with Crippen molar-refractivity contribution in [1.29, 1.82) is 5.26 Å². The van der Waals surface area contributed by atoms with E-state index in [1.807, 2.05) is 41.8 Å². The van der Waals surface area contributed by atoms with Crippen LogP contribution < -0.4 is 9.30 Å². The number of nitriles is 1. The minimum Gasteiger partial charge on any atom is -0.748 e. The third-order valence-corrected chi connectivity index (χ3v) is 7.65. The molecule has 0 saturated carbocycles. The molecule has 4 rings (SSSR count). The van der Waals surface area contributed by atoms with Crippen molar-refractivity contribution in [3.63, 3.8) is 0 Å². The fourth-order valence-electron chi connectivity index (χ4n) is 3.43. The first kappa shape index (κ1) is 21.5. The zero-order valence-corrected chi connectivity index (χ0v) is 19.0. The van der Waals surface area contributed by atoms with Crippen LogP contribution in [0.5, 0.6) is 5.75 Å². The lowest BCUT2D eigenvalue weighted by molar-refractivity contribution is -0.667.